The van der Waals surface area contributed by atoms with Crippen molar-refractivity contribution in [1.82, 2.24) is 5.32 Å². The number of aliphatic hydroxyl groups excluding tert-OH is 1. The second kappa shape index (κ2) is 9.05. The van der Waals surface area contributed by atoms with E-state index < -0.39 is 11.6 Å². The lowest BCUT2D eigenvalue weighted by Gasteiger charge is -2.31. The van der Waals surface area contributed by atoms with Crippen molar-refractivity contribution in [3.8, 4) is 11.5 Å². The summed E-state index contributed by atoms with van der Waals surface area (Å²) in [4.78, 5) is 15.7. The molecule has 2 rings (SSSR count). The fourth-order valence-electron chi connectivity index (χ4n) is 2.60. The minimum absolute atomic E-state index is 0.154. The molecule has 0 aromatic heterocycles. The Balaban J connectivity index is 2.14. The maximum absolute atomic E-state index is 12.1. The van der Waals surface area contributed by atoms with Gasteiger partial charge in [-0.1, -0.05) is 24.3 Å². The van der Waals surface area contributed by atoms with Gasteiger partial charge in [-0.2, -0.15) is 0 Å². The summed E-state index contributed by atoms with van der Waals surface area (Å²) in [7, 11) is 0. The number of hydrogen-bond donors (Lipinski definition) is 4. The van der Waals surface area contributed by atoms with Gasteiger partial charge < -0.3 is 25.4 Å². The van der Waals surface area contributed by atoms with Crippen LogP contribution in [0.2, 0.25) is 0 Å². The van der Waals surface area contributed by atoms with E-state index in [1.807, 2.05) is 6.92 Å². The minimum Gasteiger partial charge on any atom is -0.508 e. The third-order valence-electron chi connectivity index (χ3n) is 4.21. The number of amides is 1. The van der Waals surface area contributed by atoms with Crippen LogP contribution in [0.5, 0.6) is 11.5 Å². The molecule has 0 aliphatic heterocycles. The summed E-state index contributed by atoms with van der Waals surface area (Å²) in [5.41, 5.74) is 1.19. The van der Waals surface area contributed by atoms with Crippen molar-refractivity contribution in [2.75, 3.05) is 13.2 Å². The standard InChI is InChI=1S/C20H24N2O5/c1-14(23)22-13-27-11-19(26)21-12-20(2,15-3-7-17(24)8-4-15)16-5-9-18(25)10-6-16/h3-10,13-14,23-25H,11-12H2,1-2H3,(H,21,26). The molecule has 0 radical (unpaired) electrons. The topological polar surface area (TPSA) is 111 Å². The Kier molecular flexibility index (Phi) is 6.79. The second-order valence-corrected chi connectivity index (χ2v) is 6.40. The summed E-state index contributed by atoms with van der Waals surface area (Å²) >= 11 is 0. The van der Waals surface area contributed by atoms with Crippen LogP contribution in [0, 0.1) is 0 Å². The van der Waals surface area contributed by atoms with E-state index in [0.717, 1.165) is 17.5 Å². The Labute approximate surface area is 158 Å². The summed E-state index contributed by atoms with van der Waals surface area (Å²) in [6.45, 7) is 3.48. The van der Waals surface area contributed by atoms with Gasteiger partial charge in [0.1, 0.15) is 17.7 Å². The molecule has 0 saturated heterocycles. The summed E-state index contributed by atoms with van der Waals surface area (Å²) in [5, 5.41) is 30.9. The zero-order chi connectivity index (χ0) is 19.9. The molecule has 1 amide bonds. The van der Waals surface area contributed by atoms with Crippen molar-refractivity contribution in [2.24, 2.45) is 4.99 Å². The molecule has 7 heteroatoms. The van der Waals surface area contributed by atoms with E-state index in [1.54, 1.807) is 48.5 Å². The van der Waals surface area contributed by atoms with Crippen LogP contribution in [0.4, 0.5) is 0 Å². The number of carbonyl (C=O) groups is 1. The molecule has 1 unspecified atom stereocenters. The number of carbonyl (C=O) groups excluding carboxylic acids is 1. The molecule has 144 valence electrons. The molecule has 7 nitrogen and oxygen atoms in total. The number of nitrogens with one attached hydrogen (secondary N) is 1. The molecule has 2 aromatic rings. The quantitative estimate of drug-likeness (QED) is 0.418. The molecule has 4 N–H and O–H groups in total. The van der Waals surface area contributed by atoms with Gasteiger partial charge in [0.15, 0.2) is 13.0 Å². The maximum Gasteiger partial charge on any atom is 0.258 e. The van der Waals surface area contributed by atoms with Crippen LogP contribution in [0.1, 0.15) is 25.0 Å². The van der Waals surface area contributed by atoms with Crippen molar-refractivity contribution in [1.29, 1.82) is 0 Å². The zero-order valence-electron chi connectivity index (χ0n) is 15.3. The Morgan fingerprint density at radius 2 is 1.59 bits per heavy atom. The van der Waals surface area contributed by atoms with E-state index in [4.69, 9.17) is 9.84 Å². The highest BCUT2D eigenvalue weighted by Gasteiger charge is 2.29. The molecule has 0 spiro atoms. The number of aliphatic hydroxyl groups is 1. The third kappa shape index (κ3) is 5.72. The molecule has 27 heavy (non-hydrogen) atoms. The largest absolute Gasteiger partial charge is 0.508 e. The molecular weight excluding hydrogens is 348 g/mol. The predicted molar refractivity (Wildman–Crippen MR) is 102 cm³/mol. The summed E-state index contributed by atoms with van der Waals surface area (Å²) in [5.74, 6) is -0.0286. The molecule has 1 atom stereocenters. The fourth-order valence-corrected chi connectivity index (χ4v) is 2.60. The average molecular weight is 372 g/mol. The van der Waals surface area contributed by atoms with E-state index in [9.17, 15) is 15.0 Å². The van der Waals surface area contributed by atoms with Gasteiger partial charge in [-0.05, 0) is 49.2 Å². The fraction of sp³-hybridized carbons (Fsp3) is 0.300. The van der Waals surface area contributed by atoms with Gasteiger partial charge in [0.2, 0.25) is 0 Å². The first-order valence-electron chi connectivity index (χ1n) is 8.48. The van der Waals surface area contributed by atoms with E-state index >= 15 is 0 Å². The van der Waals surface area contributed by atoms with Crippen LogP contribution in [-0.4, -0.2) is 47.0 Å². The lowest BCUT2D eigenvalue weighted by Crippen LogP contribution is -2.41. The van der Waals surface area contributed by atoms with Gasteiger partial charge in [-0.3, -0.25) is 4.79 Å². The number of hydrogen-bond acceptors (Lipinski definition) is 6. The van der Waals surface area contributed by atoms with Crippen LogP contribution in [0.3, 0.4) is 0 Å². The lowest BCUT2D eigenvalue weighted by molar-refractivity contribution is -0.123. The smallest absolute Gasteiger partial charge is 0.258 e. The molecule has 0 fully saturated rings. The first kappa shape index (κ1) is 20.3. The zero-order valence-corrected chi connectivity index (χ0v) is 15.3. The van der Waals surface area contributed by atoms with Gasteiger partial charge in [0.05, 0.1) is 0 Å². The summed E-state index contributed by atoms with van der Waals surface area (Å²) < 4.78 is 4.98. The van der Waals surface area contributed by atoms with Gasteiger partial charge >= 0.3 is 0 Å². The first-order valence-corrected chi connectivity index (χ1v) is 8.48. The van der Waals surface area contributed by atoms with Crippen LogP contribution in [0.25, 0.3) is 0 Å². The lowest BCUT2D eigenvalue weighted by atomic mass is 9.76. The van der Waals surface area contributed by atoms with E-state index in [-0.39, 0.29) is 30.6 Å². The average Bonchev–Trinajstić information content (AvgIpc) is 2.64. The Bertz CT molecular complexity index is 724. The van der Waals surface area contributed by atoms with E-state index in [0.29, 0.717) is 0 Å². The SMILES string of the molecule is CC(O)N=COCC(=O)NCC(C)(c1ccc(O)cc1)c1ccc(O)cc1. The number of aromatic hydroxyl groups is 2. The number of nitrogens with zero attached hydrogens (tertiary/aromatic N) is 1. The minimum atomic E-state index is -0.889. The van der Waals surface area contributed by atoms with Crippen molar-refractivity contribution >= 4 is 12.3 Å². The van der Waals surface area contributed by atoms with Gasteiger partial charge in [-0.15, -0.1) is 0 Å². The Morgan fingerprint density at radius 3 is 2.04 bits per heavy atom. The third-order valence-corrected chi connectivity index (χ3v) is 4.21. The van der Waals surface area contributed by atoms with Crippen molar-refractivity contribution < 1.29 is 24.9 Å². The molecule has 0 aliphatic carbocycles. The maximum atomic E-state index is 12.1. The monoisotopic (exact) mass is 372 g/mol. The molecule has 0 heterocycles. The van der Waals surface area contributed by atoms with Gasteiger partial charge in [0.25, 0.3) is 5.91 Å². The molecule has 2 aromatic carbocycles. The highest BCUT2D eigenvalue weighted by atomic mass is 16.5. The summed E-state index contributed by atoms with van der Waals surface area (Å²) in [6, 6.07) is 13.5. The number of phenols is 2. The number of phenolic OH excluding ortho intramolecular Hbond substituents is 2. The van der Waals surface area contributed by atoms with Gasteiger partial charge in [-0.25, -0.2) is 4.99 Å². The molecule has 0 aliphatic rings. The van der Waals surface area contributed by atoms with Crippen LogP contribution in [0.15, 0.2) is 53.5 Å². The van der Waals surface area contributed by atoms with Gasteiger partial charge in [0, 0.05) is 12.0 Å². The Morgan fingerprint density at radius 1 is 1.11 bits per heavy atom. The first-order chi connectivity index (χ1) is 12.8. The highest BCUT2D eigenvalue weighted by molar-refractivity contribution is 5.78. The molecule has 0 bridgehead atoms. The van der Waals surface area contributed by atoms with Crippen LogP contribution >= 0.6 is 0 Å². The number of aliphatic imine (C=N–C) groups is 1. The number of rotatable bonds is 8. The highest BCUT2D eigenvalue weighted by Crippen LogP contribution is 2.33. The normalized spacial score (nSPS) is 12.7. The molecule has 0 saturated carbocycles. The van der Waals surface area contributed by atoms with Crippen LogP contribution in [-0.2, 0) is 14.9 Å². The number of benzene rings is 2. The van der Waals surface area contributed by atoms with E-state index in [2.05, 4.69) is 10.3 Å². The van der Waals surface area contributed by atoms with Crippen molar-refractivity contribution in [3.05, 3.63) is 59.7 Å². The molecular formula is C20H24N2O5. The van der Waals surface area contributed by atoms with E-state index in [1.165, 1.54) is 6.92 Å². The predicted octanol–water partition coefficient (Wildman–Crippen LogP) is 1.90. The van der Waals surface area contributed by atoms with Crippen molar-refractivity contribution in [2.45, 2.75) is 25.5 Å². The summed E-state index contributed by atoms with van der Waals surface area (Å²) in [6.07, 6.45) is 0.156. The van der Waals surface area contributed by atoms with Crippen molar-refractivity contribution in [3.63, 3.8) is 0 Å². The van der Waals surface area contributed by atoms with Crippen LogP contribution < -0.4 is 5.32 Å². The second-order valence-electron chi connectivity index (χ2n) is 6.40. The number of ether oxygens (including phenoxy) is 1. The Hall–Kier alpha value is -3.06.